The lowest BCUT2D eigenvalue weighted by Crippen LogP contribution is -2.30. The number of aromatic nitrogens is 1. The monoisotopic (exact) mass is 374 g/mol. The molecule has 0 saturated carbocycles. The van der Waals surface area contributed by atoms with Gasteiger partial charge < -0.3 is 0 Å². The second-order valence-corrected chi connectivity index (χ2v) is 8.24. The molecule has 0 radical (unpaired) electrons. The molecular formula is C22H18N2O2S. The predicted octanol–water partition coefficient (Wildman–Crippen LogP) is 4.73. The summed E-state index contributed by atoms with van der Waals surface area (Å²) in [4.78, 5) is 31.5. The van der Waals surface area contributed by atoms with Gasteiger partial charge in [-0.15, -0.1) is 11.3 Å². The zero-order chi connectivity index (χ0) is 18.5. The van der Waals surface area contributed by atoms with E-state index in [4.69, 9.17) is 4.98 Å². The molecule has 2 atom stereocenters. The Kier molecular flexibility index (Phi) is 3.72. The van der Waals surface area contributed by atoms with Crippen LogP contribution in [0.25, 0.3) is 20.8 Å². The van der Waals surface area contributed by atoms with Crippen LogP contribution in [0.15, 0.2) is 54.6 Å². The number of amides is 2. The summed E-state index contributed by atoms with van der Waals surface area (Å²) in [5.41, 5.74) is 3.84. The summed E-state index contributed by atoms with van der Waals surface area (Å²) in [5.74, 6) is -0.542. The maximum absolute atomic E-state index is 12.7. The minimum atomic E-state index is -0.199. The largest absolute Gasteiger partial charge is 0.274 e. The van der Waals surface area contributed by atoms with Crippen LogP contribution in [0.5, 0.6) is 0 Å². The van der Waals surface area contributed by atoms with Gasteiger partial charge in [0.05, 0.1) is 27.7 Å². The Labute approximate surface area is 161 Å². The molecule has 2 heterocycles. The van der Waals surface area contributed by atoms with Gasteiger partial charge in [0, 0.05) is 5.56 Å². The Bertz CT molecular complexity index is 1070. The van der Waals surface area contributed by atoms with E-state index in [1.807, 2.05) is 36.4 Å². The number of carbonyl (C=O) groups excluding carboxylic acids is 2. The SMILES string of the molecule is Cc1ccc2sc(-c3ccc(N4C(=O)[C@H]5CC=CC[C@H]5C4=O)cc3)nc2c1. The predicted molar refractivity (Wildman–Crippen MR) is 108 cm³/mol. The first kappa shape index (κ1) is 16.4. The van der Waals surface area contributed by atoms with Crippen molar-refractivity contribution in [2.75, 3.05) is 4.90 Å². The Morgan fingerprint density at radius 2 is 1.63 bits per heavy atom. The van der Waals surface area contributed by atoms with Gasteiger partial charge in [-0.25, -0.2) is 4.98 Å². The van der Waals surface area contributed by atoms with E-state index in [9.17, 15) is 9.59 Å². The van der Waals surface area contributed by atoms with E-state index >= 15 is 0 Å². The number of hydrogen-bond acceptors (Lipinski definition) is 4. The van der Waals surface area contributed by atoms with E-state index < -0.39 is 0 Å². The molecule has 4 nitrogen and oxygen atoms in total. The molecule has 1 saturated heterocycles. The lowest BCUT2D eigenvalue weighted by atomic mass is 9.85. The second-order valence-electron chi connectivity index (χ2n) is 7.20. The Morgan fingerprint density at radius 1 is 0.963 bits per heavy atom. The third-order valence-electron chi connectivity index (χ3n) is 5.42. The average molecular weight is 374 g/mol. The van der Waals surface area contributed by atoms with Crippen molar-refractivity contribution in [2.24, 2.45) is 11.8 Å². The van der Waals surface area contributed by atoms with Crippen LogP contribution in [-0.4, -0.2) is 16.8 Å². The highest BCUT2D eigenvalue weighted by molar-refractivity contribution is 7.21. The number of anilines is 1. The Hall–Kier alpha value is -2.79. The quantitative estimate of drug-likeness (QED) is 0.481. The molecule has 1 aliphatic carbocycles. The number of thiazole rings is 1. The van der Waals surface area contributed by atoms with E-state index in [0.717, 1.165) is 20.8 Å². The summed E-state index contributed by atoms with van der Waals surface area (Å²) in [7, 11) is 0. The highest BCUT2D eigenvalue weighted by atomic mass is 32.1. The summed E-state index contributed by atoms with van der Waals surface area (Å²) in [6.07, 6.45) is 5.34. The second kappa shape index (κ2) is 6.13. The molecule has 0 unspecified atom stereocenters. The number of nitrogens with zero attached hydrogens (tertiary/aromatic N) is 2. The fraction of sp³-hybridized carbons (Fsp3) is 0.227. The minimum absolute atomic E-state index is 0.0717. The topological polar surface area (TPSA) is 50.3 Å². The molecule has 5 rings (SSSR count). The molecule has 3 aromatic rings. The number of hydrogen-bond donors (Lipinski definition) is 0. The number of aryl methyl sites for hydroxylation is 1. The molecule has 1 fully saturated rings. The van der Waals surface area contributed by atoms with Crippen molar-refractivity contribution < 1.29 is 9.59 Å². The van der Waals surface area contributed by atoms with E-state index in [-0.39, 0.29) is 23.7 Å². The number of fused-ring (bicyclic) bond motifs is 2. The van der Waals surface area contributed by atoms with Gasteiger partial charge in [-0.1, -0.05) is 18.2 Å². The zero-order valence-electron chi connectivity index (χ0n) is 14.9. The van der Waals surface area contributed by atoms with Gasteiger partial charge in [0.1, 0.15) is 5.01 Å². The van der Waals surface area contributed by atoms with E-state index in [2.05, 4.69) is 25.1 Å². The van der Waals surface area contributed by atoms with Crippen molar-refractivity contribution in [3.8, 4) is 10.6 Å². The van der Waals surface area contributed by atoms with Crippen molar-refractivity contribution in [2.45, 2.75) is 19.8 Å². The summed E-state index contributed by atoms with van der Waals surface area (Å²) >= 11 is 1.65. The van der Waals surface area contributed by atoms with Crippen LogP contribution >= 0.6 is 11.3 Å². The first-order valence-corrected chi connectivity index (χ1v) is 9.94. The molecule has 1 aliphatic heterocycles. The van der Waals surface area contributed by atoms with Crippen LogP contribution in [0.2, 0.25) is 0 Å². The summed E-state index contributed by atoms with van der Waals surface area (Å²) < 4.78 is 1.15. The standard InChI is InChI=1S/C22H18N2O2S/c1-13-6-11-19-18(12-13)23-20(27-19)14-7-9-15(10-8-14)24-21(25)16-4-2-3-5-17(16)22(24)26/h2-3,6-12,16-17H,4-5H2,1H3/t16-,17+. The number of allylic oxidation sites excluding steroid dienone is 2. The van der Waals surface area contributed by atoms with Gasteiger partial charge in [-0.3, -0.25) is 14.5 Å². The average Bonchev–Trinajstić information content (AvgIpc) is 3.21. The Morgan fingerprint density at radius 3 is 2.30 bits per heavy atom. The molecule has 2 amide bonds. The first-order chi connectivity index (χ1) is 13.1. The van der Waals surface area contributed by atoms with Crippen molar-refractivity contribution in [3.05, 3.63) is 60.2 Å². The minimum Gasteiger partial charge on any atom is -0.274 e. The molecule has 0 bridgehead atoms. The number of benzene rings is 2. The fourth-order valence-corrected chi connectivity index (χ4v) is 4.92. The van der Waals surface area contributed by atoms with Crippen LogP contribution < -0.4 is 4.90 Å². The summed E-state index contributed by atoms with van der Waals surface area (Å²) in [6, 6.07) is 13.9. The molecule has 134 valence electrons. The normalized spacial score (nSPS) is 21.9. The van der Waals surface area contributed by atoms with Crippen LogP contribution in [0.3, 0.4) is 0 Å². The fourth-order valence-electron chi connectivity index (χ4n) is 3.97. The van der Waals surface area contributed by atoms with Crippen molar-refractivity contribution in [1.29, 1.82) is 0 Å². The van der Waals surface area contributed by atoms with Gasteiger partial charge in [-0.2, -0.15) is 0 Å². The number of imide groups is 1. The maximum atomic E-state index is 12.7. The van der Waals surface area contributed by atoms with Crippen LogP contribution in [-0.2, 0) is 9.59 Å². The number of carbonyl (C=O) groups is 2. The highest BCUT2D eigenvalue weighted by Crippen LogP contribution is 2.38. The van der Waals surface area contributed by atoms with Crippen LogP contribution in [0.1, 0.15) is 18.4 Å². The lowest BCUT2D eigenvalue weighted by molar-refractivity contribution is -0.122. The van der Waals surface area contributed by atoms with E-state index in [1.165, 1.54) is 10.5 Å². The molecule has 5 heteroatoms. The first-order valence-electron chi connectivity index (χ1n) is 9.12. The van der Waals surface area contributed by atoms with Gasteiger partial charge in [0.25, 0.3) is 0 Å². The molecule has 27 heavy (non-hydrogen) atoms. The van der Waals surface area contributed by atoms with Gasteiger partial charge in [0.2, 0.25) is 11.8 Å². The molecule has 2 aliphatic rings. The van der Waals surface area contributed by atoms with Crippen molar-refractivity contribution >= 4 is 39.1 Å². The van der Waals surface area contributed by atoms with Crippen LogP contribution in [0.4, 0.5) is 5.69 Å². The maximum Gasteiger partial charge on any atom is 0.238 e. The third-order valence-corrected chi connectivity index (χ3v) is 6.51. The van der Waals surface area contributed by atoms with Gasteiger partial charge in [-0.05, 0) is 61.7 Å². The van der Waals surface area contributed by atoms with E-state index in [0.29, 0.717) is 18.5 Å². The molecular weight excluding hydrogens is 356 g/mol. The highest BCUT2D eigenvalue weighted by Gasteiger charge is 2.47. The lowest BCUT2D eigenvalue weighted by Gasteiger charge is -2.15. The van der Waals surface area contributed by atoms with Gasteiger partial charge >= 0.3 is 0 Å². The van der Waals surface area contributed by atoms with E-state index in [1.54, 1.807) is 11.3 Å². The summed E-state index contributed by atoms with van der Waals surface area (Å²) in [5, 5.41) is 0.944. The van der Waals surface area contributed by atoms with Crippen LogP contribution in [0, 0.1) is 18.8 Å². The molecule has 2 aromatic carbocycles. The van der Waals surface area contributed by atoms with Crippen molar-refractivity contribution in [3.63, 3.8) is 0 Å². The zero-order valence-corrected chi connectivity index (χ0v) is 15.7. The van der Waals surface area contributed by atoms with Gasteiger partial charge in [0.15, 0.2) is 0 Å². The smallest absolute Gasteiger partial charge is 0.238 e. The molecule has 0 N–H and O–H groups in total. The Balaban J connectivity index is 1.46. The third kappa shape index (κ3) is 2.61. The molecule has 1 aromatic heterocycles. The molecule has 0 spiro atoms. The summed E-state index contributed by atoms with van der Waals surface area (Å²) in [6.45, 7) is 2.06. The van der Waals surface area contributed by atoms with Crippen molar-refractivity contribution in [1.82, 2.24) is 4.98 Å². The number of rotatable bonds is 2.